The SMILES string of the molecule is Cl.Cl.NCCCC(=O)NC1CCN(c2ccc(Br)cc2)C1. The summed E-state index contributed by atoms with van der Waals surface area (Å²) in [6.45, 7) is 2.45. The summed E-state index contributed by atoms with van der Waals surface area (Å²) in [7, 11) is 0. The summed E-state index contributed by atoms with van der Waals surface area (Å²) in [5.41, 5.74) is 6.61. The molecule has 1 amide bonds. The quantitative estimate of drug-likeness (QED) is 0.801. The van der Waals surface area contributed by atoms with Crippen molar-refractivity contribution in [1.82, 2.24) is 5.32 Å². The van der Waals surface area contributed by atoms with Gasteiger partial charge in [0.15, 0.2) is 0 Å². The number of hydrogen-bond acceptors (Lipinski definition) is 3. The number of nitrogens with zero attached hydrogens (tertiary/aromatic N) is 1. The van der Waals surface area contributed by atoms with Crippen molar-refractivity contribution in [3.63, 3.8) is 0 Å². The summed E-state index contributed by atoms with van der Waals surface area (Å²) < 4.78 is 1.09. The Morgan fingerprint density at radius 1 is 1.33 bits per heavy atom. The number of rotatable bonds is 5. The van der Waals surface area contributed by atoms with Gasteiger partial charge < -0.3 is 16.0 Å². The molecule has 21 heavy (non-hydrogen) atoms. The maximum atomic E-state index is 11.7. The van der Waals surface area contributed by atoms with Gasteiger partial charge >= 0.3 is 0 Å². The number of carbonyl (C=O) groups excluding carboxylic acids is 1. The third-order valence-corrected chi connectivity index (χ3v) is 3.88. The zero-order chi connectivity index (χ0) is 13.7. The van der Waals surface area contributed by atoms with Gasteiger partial charge in [0.05, 0.1) is 0 Å². The van der Waals surface area contributed by atoms with E-state index >= 15 is 0 Å². The Hall–Kier alpha value is -0.490. The lowest BCUT2D eigenvalue weighted by Gasteiger charge is -2.19. The Bertz CT molecular complexity index is 431. The normalized spacial score (nSPS) is 16.9. The number of nitrogens with one attached hydrogen (secondary N) is 1. The summed E-state index contributed by atoms with van der Waals surface area (Å²) in [6, 6.07) is 8.55. The van der Waals surface area contributed by atoms with Gasteiger partial charge in [-0.3, -0.25) is 4.79 Å². The molecule has 0 bridgehead atoms. The molecule has 3 N–H and O–H groups in total. The predicted molar refractivity (Wildman–Crippen MR) is 95.7 cm³/mol. The lowest BCUT2D eigenvalue weighted by molar-refractivity contribution is -0.121. The number of halogens is 3. The Labute approximate surface area is 146 Å². The van der Waals surface area contributed by atoms with Crippen molar-refractivity contribution in [2.45, 2.75) is 25.3 Å². The van der Waals surface area contributed by atoms with Gasteiger partial charge in [0, 0.05) is 35.7 Å². The van der Waals surface area contributed by atoms with Gasteiger partial charge in [0.25, 0.3) is 0 Å². The first-order chi connectivity index (χ1) is 9.19. The molecule has 1 aromatic carbocycles. The first-order valence-electron chi connectivity index (χ1n) is 6.69. The van der Waals surface area contributed by atoms with Gasteiger partial charge in [-0.05, 0) is 43.7 Å². The fourth-order valence-corrected chi connectivity index (χ4v) is 2.59. The minimum absolute atomic E-state index is 0. The maximum absolute atomic E-state index is 11.7. The van der Waals surface area contributed by atoms with Crippen LogP contribution in [0.25, 0.3) is 0 Å². The number of hydrogen-bond donors (Lipinski definition) is 2. The number of amides is 1. The fraction of sp³-hybridized carbons (Fsp3) is 0.500. The van der Waals surface area contributed by atoms with Crippen molar-refractivity contribution in [1.29, 1.82) is 0 Å². The van der Waals surface area contributed by atoms with Crippen LogP contribution in [0, 0.1) is 0 Å². The van der Waals surface area contributed by atoms with Crippen LogP contribution in [0.3, 0.4) is 0 Å². The second-order valence-corrected chi connectivity index (χ2v) is 5.78. The standard InChI is InChI=1S/C14H20BrN3O.2ClH/c15-11-3-5-13(6-4-11)18-9-7-12(10-18)17-14(19)2-1-8-16;;/h3-6,12H,1-2,7-10,16H2,(H,17,19);2*1H. The maximum Gasteiger partial charge on any atom is 0.220 e. The predicted octanol–water partition coefficient (Wildman–Crippen LogP) is 2.73. The Kier molecular flexibility index (Phi) is 10.0. The van der Waals surface area contributed by atoms with Crippen molar-refractivity contribution in [2.75, 3.05) is 24.5 Å². The van der Waals surface area contributed by atoms with Crippen molar-refractivity contribution in [3.8, 4) is 0 Å². The van der Waals surface area contributed by atoms with Crippen LogP contribution < -0.4 is 16.0 Å². The van der Waals surface area contributed by atoms with Crippen molar-refractivity contribution in [2.24, 2.45) is 5.73 Å². The van der Waals surface area contributed by atoms with Crippen LogP contribution in [-0.4, -0.2) is 31.6 Å². The monoisotopic (exact) mass is 397 g/mol. The summed E-state index contributed by atoms with van der Waals surface area (Å²) in [6.07, 6.45) is 2.30. The highest BCUT2D eigenvalue weighted by Crippen LogP contribution is 2.22. The molecule has 1 saturated heterocycles. The molecular weight excluding hydrogens is 377 g/mol. The molecule has 1 aliphatic rings. The summed E-state index contributed by atoms with van der Waals surface area (Å²) in [4.78, 5) is 14.0. The molecule has 0 saturated carbocycles. The van der Waals surface area contributed by atoms with Crippen LogP contribution in [0.5, 0.6) is 0 Å². The van der Waals surface area contributed by atoms with E-state index in [0.717, 1.165) is 30.4 Å². The van der Waals surface area contributed by atoms with Gasteiger partial charge in [0.1, 0.15) is 0 Å². The van der Waals surface area contributed by atoms with Crippen LogP contribution >= 0.6 is 40.7 Å². The van der Waals surface area contributed by atoms with Crippen LogP contribution in [-0.2, 0) is 4.79 Å². The number of anilines is 1. The molecule has 1 aromatic rings. The van der Waals surface area contributed by atoms with E-state index in [0.29, 0.717) is 13.0 Å². The Morgan fingerprint density at radius 2 is 2.00 bits per heavy atom. The molecule has 1 heterocycles. The molecule has 4 nitrogen and oxygen atoms in total. The lowest BCUT2D eigenvalue weighted by atomic mass is 10.2. The molecule has 1 atom stereocenters. The van der Waals surface area contributed by atoms with Gasteiger partial charge in [-0.15, -0.1) is 24.8 Å². The van der Waals surface area contributed by atoms with Crippen LogP contribution in [0.2, 0.25) is 0 Å². The summed E-state index contributed by atoms with van der Waals surface area (Å²) >= 11 is 3.44. The minimum atomic E-state index is 0. The van der Waals surface area contributed by atoms with Crippen molar-refractivity contribution >= 4 is 52.3 Å². The fourth-order valence-electron chi connectivity index (χ4n) is 2.33. The first-order valence-corrected chi connectivity index (χ1v) is 7.48. The van der Waals surface area contributed by atoms with Gasteiger partial charge in [-0.2, -0.15) is 0 Å². The van der Waals surface area contributed by atoms with E-state index in [1.165, 1.54) is 5.69 Å². The van der Waals surface area contributed by atoms with Crippen molar-refractivity contribution < 1.29 is 4.79 Å². The lowest BCUT2D eigenvalue weighted by Crippen LogP contribution is -2.37. The second-order valence-electron chi connectivity index (χ2n) is 4.87. The molecule has 7 heteroatoms. The molecule has 0 radical (unpaired) electrons. The van der Waals surface area contributed by atoms with Gasteiger partial charge in [-0.1, -0.05) is 15.9 Å². The molecule has 0 aromatic heterocycles. The highest BCUT2D eigenvalue weighted by Gasteiger charge is 2.23. The smallest absolute Gasteiger partial charge is 0.220 e. The van der Waals surface area contributed by atoms with E-state index in [-0.39, 0.29) is 36.8 Å². The molecule has 0 aliphatic carbocycles. The van der Waals surface area contributed by atoms with E-state index in [1.54, 1.807) is 0 Å². The van der Waals surface area contributed by atoms with Gasteiger partial charge in [0.2, 0.25) is 5.91 Å². The topological polar surface area (TPSA) is 58.4 Å². The average Bonchev–Trinajstić information content (AvgIpc) is 2.85. The van der Waals surface area contributed by atoms with E-state index in [1.807, 2.05) is 12.1 Å². The number of carbonyl (C=O) groups is 1. The van der Waals surface area contributed by atoms with Crippen LogP contribution in [0.15, 0.2) is 28.7 Å². The molecular formula is C14H22BrCl2N3O. The van der Waals surface area contributed by atoms with Crippen LogP contribution in [0.4, 0.5) is 5.69 Å². The summed E-state index contributed by atoms with van der Waals surface area (Å²) in [5.74, 6) is 0.119. The number of benzene rings is 1. The highest BCUT2D eigenvalue weighted by atomic mass is 79.9. The third kappa shape index (κ3) is 6.43. The van der Waals surface area contributed by atoms with Crippen molar-refractivity contribution in [3.05, 3.63) is 28.7 Å². The molecule has 120 valence electrons. The molecule has 1 aliphatic heterocycles. The average molecular weight is 399 g/mol. The Morgan fingerprint density at radius 3 is 2.62 bits per heavy atom. The van der Waals surface area contributed by atoms with Gasteiger partial charge in [-0.25, -0.2) is 0 Å². The van der Waals surface area contributed by atoms with E-state index in [9.17, 15) is 4.79 Å². The molecule has 0 spiro atoms. The molecule has 1 fully saturated rings. The first kappa shape index (κ1) is 20.5. The number of nitrogens with two attached hydrogens (primary N) is 1. The zero-order valence-electron chi connectivity index (χ0n) is 11.8. The molecule has 1 unspecified atom stereocenters. The van der Waals surface area contributed by atoms with E-state index < -0.39 is 0 Å². The second kappa shape index (κ2) is 10.3. The Balaban J connectivity index is 0.00000200. The summed E-state index contributed by atoms with van der Waals surface area (Å²) in [5, 5.41) is 3.08. The minimum Gasteiger partial charge on any atom is -0.369 e. The largest absolute Gasteiger partial charge is 0.369 e. The van der Waals surface area contributed by atoms with E-state index in [4.69, 9.17) is 5.73 Å². The third-order valence-electron chi connectivity index (χ3n) is 3.35. The van der Waals surface area contributed by atoms with E-state index in [2.05, 4.69) is 38.3 Å². The van der Waals surface area contributed by atoms with Crippen LogP contribution in [0.1, 0.15) is 19.3 Å². The zero-order valence-corrected chi connectivity index (χ0v) is 15.0. The highest BCUT2D eigenvalue weighted by molar-refractivity contribution is 9.10. The molecule has 2 rings (SSSR count).